The van der Waals surface area contributed by atoms with Crippen molar-refractivity contribution in [3.05, 3.63) is 47.6 Å². The first kappa shape index (κ1) is 8.60. The summed E-state index contributed by atoms with van der Waals surface area (Å²) in [6.07, 6.45) is 11.8. The van der Waals surface area contributed by atoms with Crippen LogP contribution in [0.4, 0.5) is 0 Å². The maximum atomic E-state index is 12.0. The van der Waals surface area contributed by atoms with E-state index in [1.165, 1.54) is 6.08 Å². The van der Waals surface area contributed by atoms with Crippen LogP contribution in [0.25, 0.3) is 0 Å². The third-order valence-electron chi connectivity index (χ3n) is 3.24. The molecule has 0 aliphatic heterocycles. The number of allylic oxidation sites excluding steroid dienone is 8. The zero-order valence-electron chi connectivity index (χ0n) is 8.14. The highest BCUT2D eigenvalue weighted by atomic mass is 16.2. The lowest BCUT2D eigenvalue weighted by Crippen LogP contribution is -2.25. The summed E-state index contributed by atoms with van der Waals surface area (Å²) in [6, 6.07) is 0. The predicted molar refractivity (Wildman–Crippen MR) is 56.1 cm³/mol. The van der Waals surface area contributed by atoms with Gasteiger partial charge < -0.3 is 0 Å². The van der Waals surface area contributed by atoms with Crippen LogP contribution in [-0.4, -0.2) is 11.6 Å². The lowest BCUT2D eigenvalue weighted by Gasteiger charge is -2.13. The zero-order chi connectivity index (χ0) is 10.4. The molecule has 74 valence electrons. The van der Waals surface area contributed by atoms with Crippen molar-refractivity contribution in [1.29, 1.82) is 0 Å². The molecule has 2 nitrogen and oxygen atoms in total. The number of fused-ring (bicyclic) bond motifs is 2. The highest BCUT2D eigenvalue weighted by Gasteiger charge is 2.43. The fourth-order valence-corrected chi connectivity index (χ4v) is 2.56. The molecule has 0 aromatic rings. The minimum Gasteiger partial charge on any atom is -0.297 e. The highest BCUT2D eigenvalue weighted by molar-refractivity contribution is 6.15. The summed E-state index contributed by atoms with van der Waals surface area (Å²) in [6.45, 7) is 0. The van der Waals surface area contributed by atoms with Crippen molar-refractivity contribution in [3.8, 4) is 0 Å². The molecule has 0 spiro atoms. The quantitative estimate of drug-likeness (QED) is 0.556. The van der Waals surface area contributed by atoms with Gasteiger partial charge in [0.25, 0.3) is 0 Å². The van der Waals surface area contributed by atoms with Crippen molar-refractivity contribution in [2.45, 2.75) is 6.42 Å². The second-order valence-electron chi connectivity index (χ2n) is 4.05. The number of carbonyl (C=O) groups excluding carboxylic acids is 2. The average molecular weight is 198 g/mol. The van der Waals surface area contributed by atoms with Crippen molar-refractivity contribution in [2.24, 2.45) is 11.8 Å². The highest BCUT2D eigenvalue weighted by Crippen LogP contribution is 2.41. The van der Waals surface area contributed by atoms with Crippen LogP contribution < -0.4 is 0 Å². The molecule has 2 atom stereocenters. The van der Waals surface area contributed by atoms with Gasteiger partial charge in [0.15, 0.2) is 11.6 Å². The molecule has 0 bridgehead atoms. The first-order valence-corrected chi connectivity index (χ1v) is 5.11. The Hall–Kier alpha value is -1.70. The molecular formula is C13H10O2. The zero-order valence-corrected chi connectivity index (χ0v) is 8.14. The van der Waals surface area contributed by atoms with Gasteiger partial charge in [-0.15, -0.1) is 0 Å². The number of ketones is 2. The molecule has 0 heterocycles. The van der Waals surface area contributed by atoms with Crippen molar-refractivity contribution in [2.75, 3.05) is 0 Å². The Balaban J connectivity index is 2.17. The largest absolute Gasteiger partial charge is 0.297 e. The Bertz CT molecular complexity index is 475. The molecule has 2 unspecified atom stereocenters. The van der Waals surface area contributed by atoms with E-state index in [0.717, 1.165) is 17.6 Å². The van der Waals surface area contributed by atoms with Gasteiger partial charge in [-0.1, -0.05) is 30.4 Å². The SMILES string of the molecule is O=C1C=CCC2=C3C=CC=CC3C(=O)C12. The van der Waals surface area contributed by atoms with Gasteiger partial charge in [-0.25, -0.2) is 0 Å². The number of Topliss-reactive ketones (excluding diaryl/α,β-unsaturated/α-hetero) is 1. The molecule has 0 saturated carbocycles. The fourth-order valence-electron chi connectivity index (χ4n) is 2.56. The van der Waals surface area contributed by atoms with Crippen LogP contribution in [0.15, 0.2) is 47.6 Å². The third kappa shape index (κ3) is 1.05. The molecule has 3 aliphatic carbocycles. The van der Waals surface area contributed by atoms with E-state index >= 15 is 0 Å². The van der Waals surface area contributed by atoms with Gasteiger partial charge in [-0.3, -0.25) is 9.59 Å². The van der Waals surface area contributed by atoms with Gasteiger partial charge in [0.05, 0.1) is 5.92 Å². The van der Waals surface area contributed by atoms with Crippen LogP contribution in [0.2, 0.25) is 0 Å². The maximum absolute atomic E-state index is 12.0. The number of rotatable bonds is 0. The van der Waals surface area contributed by atoms with Gasteiger partial charge >= 0.3 is 0 Å². The topological polar surface area (TPSA) is 34.1 Å². The maximum Gasteiger partial charge on any atom is 0.169 e. The van der Waals surface area contributed by atoms with Gasteiger partial charge in [-0.05, 0) is 23.6 Å². The molecule has 2 heteroatoms. The molecule has 0 N–H and O–H groups in total. The lowest BCUT2D eigenvalue weighted by atomic mass is 9.88. The lowest BCUT2D eigenvalue weighted by molar-refractivity contribution is -0.129. The molecule has 15 heavy (non-hydrogen) atoms. The van der Waals surface area contributed by atoms with Gasteiger partial charge in [0.1, 0.15) is 5.92 Å². The van der Waals surface area contributed by atoms with E-state index in [4.69, 9.17) is 0 Å². The molecule has 0 aromatic carbocycles. The van der Waals surface area contributed by atoms with Gasteiger partial charge in [0, 0.05) is 0 Å². The van der Waals surface area contributed by atoms with Crippen molar-refractivity contribution in [1.82, 2.24) is 0 Å². The van der Waals surface area contributed by atoms with Crippen LogP contribution in [0.5, 0.6) is 0 Å². The second kappa shape index (κ2) is 2.89. The summed E-state index contributed by atoms with van der Waals surface area (Å²) < 4.78 is 0. The number of hydrogen-bond acceptors (Lipinski definition) is 2. The van der Waals surface area contributed by atoms with E-state index in [9.17, 15) is 9.59 Å². The van der Waals surface area contributed by atoms with Crippen LogP contribution in [-0.2, 0) is 9.59 Å². The number of hydrogen-bond donors (Lipinski definition) is 0. The van der Waals surface area contributed by atoms with Crippen molar-refractivity contribution in [3.63, 3.8) is 0 Å². The number of carbonyl (C=O) groups is 2. The average Bonchev–Trinajstić information content (AvgIpc) is 2.55. The Morgan fingerprint density at radius 1 is 1.13 bits per heavy atom. The van der Waals surface area contributed by atoms with E-state index in [-0.39, 0.29) is 17.5 Å². The van der Waals surface area contributed by atoms with E-state index in [0.29, 0.717) is 0 Å². The standard InChI is InChI=1S/C13H10O2/c14-11-7-3-6-9-8-4-1-2-5-10(8)13(15)12(9)11/h1-5,7,10,12H,6H2. The Morgan fingerprint density at radius 2 is 2.00 bits per heavy atom. The van der Waals surface area contributed by atoms with Crippen molar-refractivity contribution >= 4 is 11.6 Å². The molecule has 0 fully saturated rings. The minimum absolute atomic E-state index is 0.0509. The van der Waals surface area contributed by atoms with E-state index < -0.39 is 5.92 Å². The van der Waals surface area contributed by atoms with Crippen LogP contribution in [0.1, 0.15) is 6.42 Å². The molecule has 3 aliphatic rings. The molecule has 0 aromatic heterocycles. The van der Waals surface area contributed by atoms with Gasteiger partial charge in [-0.2, -0.15) is 0 Å². The van der Waals surface area contributed by atoms with E-state index in [2.05, 4.69) is 0 Å². The van der Waals surface area contributed by atoms with Crippen molar-refractivity contribution < 1.29 is 9.59 Å². The van der Waals surface area contributed by atoms with Crippen LogP contribution >= 0.6 is 0 Å². The molecule has 0 saturated heterocycles. The third-order valence-corrected chi connectivity index (χ3v) is 3.24. The van der Waals surface area contributed by atoms with E-state index in [1.54, 1.807) is 0 Å². The van der Waals surface area contributed by atoms with Gasteiger partial charge in [0.2, 0.25) is 0 Å². The molecular weight excluding hydrogens is 188 g/mol. The Kier molecular flexibility index (Phi) is 1.66. The fraction of sp³-hybridized carbons (Fsp3) is 0.231. The van der Waals surface area contributed by atoms with Crippen LogP contribution in [0, 0.1) is 11.8 Å². The Morgan fingerprint density at radius 3 is 2.87 bits per heavy atom. The summed E-state index contributed by atoms with van der Waals surface area (Å²) in [5, 5.41) is 0. The minimum atomic E-state index is -0.484. The summed E-state index contributed by atoms with van der Waals surface area (Å²) in [5.41, 5.74) is 2.06. The monoisotopic (exact) mass is 198 g/mol. The second-order valence-corrected chi connectivity index (χ2v) is 4.05. The first-order chi connectivity index (χ1) is 7.29. The van der Waals surface area contributed by atoms with E-state index in [1.807, 2.05) is 30.4 Å². The normalized spacial score (nSPS) is 32.3. The van der Waals surface area contributed by atoms with Crippen LogP contribution in [0.3, 0.4) is 0 Å². The smallest absolute Gasteiger partial charge is 0.169 e. The molecule has 0 amide bonds. The molecule has 0 radical (unpaired) electrons. The molecule has 3 rings (SSSR count). The Labute approximate surface area is 87.7 Å². The summed E-state index contributed by atoms with van der Waals surface area (Å²) >= 11 is 0. The summed E-state index contributed by atoms with van der Waals surface area (Å²) in [5.74, 6) is -0.652. The summed E-state index contributed by atoms with van der Waals surface area (Å²) in [7, 11) is 0. The summed E-state index contributed by atoms with van der Waals surface area (Å²) in [4.78, 5) is 23.6. The first-order valence-electron chi connectivity index (χ1n) is 5.11. The predicted octanol–water partition coefficient (Wildman–Crippen LogP) is 1.75.